The van der Waals surface area contributed by atoms with Gasteiger partial charge in [0.1, 0.15) is 10.9 Å². The molecule has 0 saturated carbocycles. The normalized spacial score (nSPS) is 10.8. The SMILES string of the molecule is CCOc1ccc2nc(Cl)c(CN(Cc3ccccc3)C(=O)c3ccncc3)cc2c1. The zero-order valence-electron chi connectivity index (χ0n) is 17.2. The van der Waals surface area contributed by atoms with E-state index in [0.29, 0.717) is 30.4 Å². The lowest BCUT2D eigenvalue weighted by molar-refractivity contribution is 0.0730. The molecule has 0 N–H and O–H groups in total. The van der Waals surface area contributed by atoms with E-state index >= 15 is 0 Å². The van der Waals surface area contributed by atoms with Gasteiger partial charge < -0.3 is 9.64 Å². The molecule has 0 fully saturated rings. The summed E-state index contributed by atoms with van der Waals surface area (Å²) < 4.78 is 5.61. The maximum absolute atomic E-state index is 13.3. The van der Waals surface area contributed by atoms with Crippen molar-refractivity contribution in [1.29, 1.82) is 0 Å². The summed E-state index contributed by atoms with van der Waals surface area (Å²) in [6, 6.07) is 21.0. The van der Waals surface area contributed by atoms with Gasteiger partial charge in [-0.2, -0.15) is 0 Å². The number of hydrogen-bond acceptors (Lipinski definition) is 4. The largest absolute Gasteiger partial charge is 0.494 e. The lowest BCUT2D eigenvalue weighted by Gasteiger charge is -2.24. The number of nitrogens with zero attached hydrogens (tertiary/aromatic N) is 3. The first-order valence-corrected chi connectivity index (χ1v) is 10.5. The van der Waals surface area contributed by atoms with Crippen LogP contribution in [-0.4, -0.2) is 27.4 Å². The van der Waals surface area contributed by atoms with E-state index in [1.165, 1.54) is 0 Å². The Morgan fingerprint density at radius 1 is 1.00 bits per heavy atom. The number of carbonyl (C=O) groups excluding carboxylic acids is 1. The van der Waals surface area contributed by atoms with Crippen LogP contribution in [0.25, 0.3) is 10.9 Å². The third-order valence-corrected chi connectivity index (χ3v) is 5.24. The van der Waals surface area contributed by atoms with Gasteiger partial charge in [0.05, 0.1) is 12.1 Å². The highest BCUT2D eigenvalue weighted by Crippen LogP contribution is 2.26. The molecule has 0 aliphatic heterocycles. The monoisotopic (exact) mass is 431 g/mol. The summed E-state index contributed by atoms with van der Waals surface area (Å²) in [6.45, 7) is 3.32. The van der Waals surface area contributed by atoms with Crippen LogP contribution in [0.3, 0.4) is 0 Å². The van der Waals surface area contributed by atoms with Gasteiger partial charge in [0.25, 0.3) is 5.91 Å². The minimum atomic E-state index is -0.0921. The van der Waals surface area contributed by atoms with E-state index < -0.39 is 0 Å². The molecule has 4 rings (SSSR count). The summed E-state index contributed by atoms with van der Waals surface area (Å²) in [4.78, 5) is 23.6. The van der Waals surface area contributed by atoms with E-state index in [9.17, 15) is 4.79 Å². The van der Waals surface area contributed by atoms with Crippen molar-refractivity contribution >= 4 is 28.4 Å². The second-order valence-electron chi connectivity index (χ2n) is 7.11. The van der Waals surface area contributed by atoms with E-state index in [-0.39, 0.29) is 5.91 Å². The van der Waals surface area contributed by atoms with Crippen LogP contribution in [0.1, 0.15) is 28.4 Å². The van der Waals surface area contributed by atoms with E-state index in [4.69, 9.17) is 16.3 Å². The van der Waals surface area contributed by atoms with Crippen molar-refractivity contribution in [3.8, 4) is 5.75 Å². The van der Waals surface area contributed by atoms with Crippen molar-refractivity contribution in [2.75, 3.05) is 6.61 Å². The van der Waals surface area contributed by atoms with Crippen LogP contribution >= 0.6 is 11.6 Å². The average molecular weight is 432 g/mol. The summed E-state index contributed by atoms with van der Waals surface area (Å²) in [6.07, 6.45) is 3.24. The van der Waals surface area contributed by atoms with Crippen molar-refractivity contribution in [3.63, 3.8) is 0 Å². The first-order valence-electron chi connectivity index (χ1n) is 10.1. The van der Waals surface area contributed by atoms with Crippen molar-refractivity contribution in [2.24, 2.45) is 0 Å². The fourth-order valence-electron chi connectivity index (χ4n) is 3.43. The van der Waals surface area contributed by atoms with Crippen LogP contribution in [0.15, 0.2) is 79.1 Å². The summed E-state index contributed by atoms with van der Waals surface area (Å²) in [5.41, 5.74) is 3.18. The van der Waals surface area contributed by atoms with Gasteiger partial charge in [0, 0.05) is 42.0 Å². The van der Waals surface area contributed by atoms with Crippen molar-refractivity contribution < 1.29 is 9.53 Å². The number of rotatable bonds is 7. The highest BCUT2D eigenvalue weighted by atomic mass is 35.5. The number of amides is 1. The van der Waals surface area contributed by atoms with Gasteiger partial charge in [-0.3, -0.25) is 9.78 Å². The molecule has 31 heavy (non-hydrogen) atoms. The van der Waals surface area contributed by atoms with E-state index in [2.05, 4.69) is 9.97 Å². The molecule has 2 aromatic heterocycles. The standard InChI is InChI=1S/C25H22ClN3O2/c1-2-31-22-8-9-23-20(15-22)14-21(24(26)28-23)17-29(16-18-6-4-3-5-7-18)25(30)19-10-12-27-13-11-19/h3-15H,2,16-17H2,1H3. The number of benzene rings is 2. The Labute approximate surface area is 186 Å². The minimum absolute atomic E-state index is 0.0921. The highest BCUT2D eigenvalue weighted by Gasteiger charge is 2.19. The van der Waals surface area contributed by atoms with Crippen LogP contribution in [0.2, 0.25) is 5.15 Å². The van der Waals surface area contributed by atoms with Crippen molar-refractivity contribution in [2.45, 2.75) is 20.0 Å². The van der Waals surface area contributed by atoms with Crippen LogP contribution in [0.5, 0.6) is 5.75 Å². The minimum Gasteiger partial charge on any atom is -0.494 e. The fraction of sp³-hybridized carbons (Fsp3) is 0.160. The Morgan fingerprint density at radius 3 is 2.52 bits per heavy atom. The Morgan fingerprint density at radius 2 is 1.77 bits per heavy atom. The van der Waals surface area contributed by atoms with Gasteiger partial charge in [0.15, 0.2) is 0 Å². The molecule has 0 spiro atoms. The molecule has 0 aliphatic carbocycles. The topological polar surface area (TPSA) is 55.3 Å². The van der Waals surface area contributed by atoms with Gasteiger partial charge >= 0.3 is 0 Å². The molecule has 0 radical (unpaired) electrons. The second-order valence-corrected chi connectivity index (χ2v) is 7.47. The van der Waals surface area contributed by atoms with Gasteiger partial charge in [-0.1, -0.05) is 41.9 Å². The Kier molecular flexibility index (Phi) is 6.43. The van der Waals surface area contributed by atoms with Gasteiger partial charge in [-0.05, 0) is 48.9 Å². The average Bonchev–Trinajstić information content (AvgIpc) is 2.80. The van der Waals surface area contributed by atoms with Gasteiger partial charge in [-0.15, -0.1) is 0 Å². The maximum atomic E-state index is 13.3. The zero-order chi connectivity index (χ0) is 21.6. The summed E-state index contributed by atoms with van der Waals surface area (Å²) in [5.74, 6) is 0.685. The molecule has 156 valence electrons. The predicted molar refractivity (Wildman–Crippen MR) is 122 cm³/mol. The molecular formula is C25H22ClN3O2. The smallest absolute Gasteiger partial charge is 0.254 e. The predicted octanol–water partition coefficient (Wildman–Crippen LogP) is 5.52. The molecule has 0 aliphatic rings. The first-order chi connectivity index (χ1) is 15.1. The van der Waals surface area contributed by atoms with Crippen LogP contribution in [0.4, 0.5) is 0 Å². The number of hydrogen-bond donors (Lipinski definition) is 0. The number of fused-ring (bicyclic) bond motifs is 1. The lowest BCUT2D eigenvalue weighted by atomic mass is 10.1. The highest BCUT2D eigenvalue weighted by molar-refractivity contribution is 6.30. The van der Waals surface area contributed by atoms with Gasteiger partial charge in [0.2, 0.25) is 0 Å². The molecule has 2 heterocycles. The fourth-order valence-corrected chi connectivity index (χ4v) is 3.63. The second kappa shape index (κ2) is 9.58. The van der Waals surface area contributed by atoms with E-state index in [1.54, 1.807) is 29.4 Å². The molecule has 0 saturated heterocycles. The molecule has 0 bridgehead atoms. The molecule has 0 atom stereocenters. The summed E-state index contributed by atoms with van der Waals surface area (Å²) >= 11 is 6.51. The molecular weight excluding hydrogens is 410 g/mol. The quantitative estimate of drug-likeness (QED) is 0.361. The molecule has 1 amide bonds. The van der Waals surface area contributed by atoms with Crippen molar-refractivity contribution in [1.82, 2.24) is 14.9 Å². The number of pyridine rings is 2. The van der Waals surface area contributed by atoms with Crippen LogP contribution in [0, 0.1) is 0 Å². The van der Waals surface area contributed by atoms with E-state index in [1.807, 2.05) is 61.5 Å². The maximum Gasteiger partial charge on any atom is 0.254 e. The Bertz CT molecular complexity index is 1180. The molecule has 2 aromatic carbocycles. The number of ether oxygens (including phenoxy) is 1. The Hall–Kier alpha value is -3.44. The Balaban J connectivity index is 1.69. The molecule has 6 heteroatoms. The van der Waals surface area contributed by atoms with Crippen molar-refractivity contribution in [3.05, 3.63) is 101 Å². The van der Waals surface area contributed by atoms with Crippen LogP contribution in [-0.2, 0) is 13.1 Å². The molecule has 5 nitrogen and oxygen atoms in total. The third-order valence-electron chi connectivity index (χ3n) is 4.92. The van der Waals surface area contributed by atoms with Crippen LogP contribution < -0.4 is 4.74 Å². The summed E-state index contributed by atoms with van der Waals surface area (Å²) in [5, 5.41) is 1.30. The first kappa shape index (κ1) is 20.8. The van der Waals surface area contributed by atoms with E-state index in [0.717, 1.165) is 27.8 Å². The lowest BCUT2D eigenvalue weighted by Crippen LogP contribution is -2.30. The summed E-state index contributed by atoms with van der Waals surface area (Å²) in [7, 11) is 0. The van der Waals surface area contributed by atoms with Gasteiger partial charge in [-0.25, -0.2) is 4.98 Å². The number of aromatic nitrogens is 2. The molecule has 4 aromatic rings. The number of halogens is 1. The number of carbonyl (C=O) groups is 1. The zero-order valence-corrected chi connectivity index (χ0v) is 17.9. The third kappa shape index (κ3) is 5.01. The molecule has 0 unspecified atom stereocenters.